The van der Waals surface area contributed by atoms with Crippen molar-refractivity contribution in [3.8, 4) is 5.75 Å². The van der Waals surface area contributed by atoms with Crippen LogP contribution < -0.4 is 10.1 Å². The standard InChI is InChI=1S/C20H24N6O2S/c1-12-7-15-19(24-12)22-11-23-20(15)25-18-14-5-3-4-6-17(14)28-10-16(18)26-8-13(9-26)29(2,21)27/h3-7,11,13,16,18,21H,8-10H2,1-2H3,(H2,22,23,24,25). The Bertz CT molecular complexity index is 1170. The van der Waals surface area contributed by atoms with E-state index >= 15 is 0 Å². The molecule has 0 spiro atoms. The van der Waals surface area contributed by atoms with E-state index in [0.29, 0.717) is 19.7 Å². The zero-order valence-corrected chi connectivity index (χ0v) is 17.2. The number of fused-ring (bicyclic) bond motifs is 2. The van der Waals surface area contributed by atoms with Gasteiger partial charge < -0.3 is 15.0 Å². The molecule has 2 aliphatic heterocycles. The lowest BCUT2D eigenvalue weighted by Crippen LogP contribution is -2.62. The fourth-order valence-electron chi connectivity index (χ4n) is 4.20. The maximum Gasteiger partial charge on any atom is 0.143 e. The molecule has 3 unspecified atom stereocenters. The number of anilines is 1. The highest BCUT2D eigenvalue weighted by molar-refractivity contribution is 7.92. The Kier molecular flexibility index (Phi) is 4.25. The number of nitrogens with one attached hydrogen (secondary N) is 3. The van der Waals surface area contributed by atoms with Crippen LogP contribution >= 0.6 is 0 Å². The lowest BCUT2D eigenvalue weighted by Gasteiger charge is -2.48. The third-order valence-electron chi connectivity index (χ3n) is 5.88. The largest absolute Gasteiger partial charge is 0.491 e. The maximum absolute atomic E-state index is 12.1. The van der Waals surface area contributed by atoms with Crippen molar-refractivity contribution in [1.29, 1.82) is 4.78 Å². The van der Waals surface area contributed by atoms with Crippen molar-refractivity contribution in [3.63, 3.8) is 0 Å². The van der Waals surface area contributed by atoms with Gasteiger partial charge in [0.2, 0.25) is 0 Å². The van der Waals surface area contributed by atoms with Crippen LogP contribution in [-0.2, 0) is 9.73 Å². The first-order valence-electron chi connectivity index (χ1n) is 9.65. The van der Waals surface area contributed by atoms with Gasteiger partial charge in [-0.15, -0.1) is 0 Å². The predicted octanol–water partition coefficient (Wildman–Crippen LogP) is 2.54. The van der Waals surface area contributed by atoms with Crippen LogP contribution in [0, 0.1) is 11.7 Å². The van der Waals surface area contributed by atoms with Gasteiger partial charge in [0.15, 0.2) is 0 Å². The van der Waals surface area contributed by atoms with Crippen molar-refractivity contribution in [2.75, 3.05) is 31.3 Å². The van der Waals surface area contributed by atoms with Gasteiger partial charge in [0, 0.05) is 40.3 Å². The summed E-state index contributed by atoms with van der Waals surface area (Å²) in [5.41, 5.74) is 2.92. The summed E-state index contributed by atoms with van der Waals surface area (Å²) in [5.74, 6) is 1.65. The molecule has 1 aromatic carbocycles. The molecule has 1 saturated heterocycles. The number of nitrogens with zero attached hydrogens (tertiary/aromatic N) is 3. The number of benzene rings is 1. The third-order valence-corrected chi connectivity index (χ3v) is 7.45. The molecule has 0 aliphatic carbocycles. The third kappa shape index (κ3) is 3.24. The summed E-state index contributed by atoms with van der Waals surface area (Å²) in [5, 5.41) is 4.51. The normalized spacial score (nSPS) is 24.3. The molecule has 29 heavy (non-hydrogen) atoms. The van der Waals surface area contributed by atoms with Crippen molar-refractivity contribution in [2.24, 2.45) is 0 Å². The number of rotatable bonds is 4. The first-order valence-corrected chi connectivity index (χ1v) is 11.7. The van der Waals surface area contributed by atoms with Crippen LogP contribution in [0.25, 0.3) is 11.0 Å². The zero-order valence-electron chi connectivity index (χ0n) is 16.4. The molecule has 3 N–H and O–H groups in total. The van der Waals surface area contributed by atoms with Crippen LogP contribution in [0.1, 0.15) is 17.3 Å². The molecule has 4 heterocycles. The first kappa shape index (κ1) is 18.4. The minimum absolute atomic E-state index is 0.0344. The van der Waals surface area contributed by atoms with Crippen molar-refractivity contribution in [2.45, 2.75) is 24.3 Å². The number of aromatic amines is 1. The van der Waals surface area contributed by atoms with E-state index in [0.717, 1.165) is 33.9 Å². The molecule has 3 aromatic rings. The molecule has 1 fully saturated rings. The Morgan fingerprint density at radius 3 is 2.90 bits per heavy atom. The summed E-state index contributed by atoms with van der Waals surface area (Å²) in [4.78, 5) is 14.3. The second kappa shape index (κ2) is 6.70. The first-order chi connectivity index (χ1) is 13.9. The van der Waals surface area contributed by atoms with Gasteiger partial charge in [-0.25, -0.2) is 14.2 Å². The van der Waals surface area contributed by atoms with E-state index < -0.39 is 9.73 Å². The average Bonchev–Trinajstić information content (AvgIpc) is 3.02. The number of aryl methyl sites for hydroxylation is 1. The van der Waals surface area contributed by atoms with Crippen LogP contribution in [0.4, 0.5) is 5.82 Å². The van der Waals surface area contributed by atoms with Crippen LogP contribution in [0.2, 0.25) is 0 Å². The number of aromatic nitrogens is 3. The van der Waals surface area contributed by atoms with Crippen molar-refractivity contribution < 1.29 is 8.95 Å². The van der Waals surface area contributed by atoms with E-state index in [1.807, 2.05) is 31.2 Å². The monoisotopic (exact) mass is 412 g/mol. The van der Waals surface area contributed by atoms with Gasteiger partial charge in [-0.2, -0.15) is 0 Å². The van der Waals surface area contributed by atoms with E-state index in [1.54, 1.807) is 6.33 Å². The highest BCUT2D eigenvalue weighted by Crippen LogP contribution is 2.39. The second-order valence-corrected chi connectivity index (χ2v) is 10.4. The maximum atomic E-state index is 12.1. The Balaban J connectivity index is 1.49. The number of hydrogen-bond donors (Lipinski definition) is 3. The summed E-state index contributed by atoms with van der Waals surface area (Å²) < 4.78 is 26.0. The minimum atomic E-state index is -2.53. The lowest BCUT2D eigenvalue weighted by molar-refractivity contribution is 0.0593. The Morgan fingerprint density at radius 1 is 1.31 bits per heavy atom. The van der Waals surface area contributed by atoms with Gasteiger partial charge in [-0.1, -0.05) is 18.2 Å². The predicted molar refractivity (Wildman–Crippen MR) is 113 cm³/mol. The summed E-state index contributed by atoms with van der Waals surface area (Å²) >= 11 is 0. The van der Waals surface area contributed by atoms with Gasteiger partial charge in [0.05, 0.1) is 22.7 Å². The summed E-state index contributed by atoms with van der Waals surface area (Å²) in [7, 11) is -2.53. The minimum Gasteiger partial charge on any atom is -0.491 e. The molecule has 5 rings (SSSR count). The highest BCUT2D eigenvalue weighted by atomic mass is 32.2. The van der Waals surface area contributed by atoms with E-state index in [4.69, 9.17) is 9.52 Å². The summed E-state index contributed by atoms with van der Waals surface area (Å²) in [6.07, 6.45) is 3.09. The number of H-pyrrole nitrogens is 1. The van der Waals surface area contributed by atoms with Gasteiger partial charge in [0.25, 0.3) is 0 Å². The molecule has 0 amide bonds. The summed E-state index contributed by atoms with van der Waals surface area (Å²) in [6, 6.07) is 10.1. The number of para-hydroxylation sites is 1. The molecule has 9 heteroatoms. The van der Waals surface area contributed by atoms with Crippen LogP contribution in [0.15, 0.2) is 36.7 Å². The molecule has 2 aliphatic rings. The van der Waals surface area contributed by atoms with E-state index in [1.165, 1.54) is 6.26 Å². The van der Waals surface area contributed by atoms with Crippen molar-refractivity contribution in [1.82, 2.24) is 19.9 Å². The number of likely N-dealkylation sites (tertiary alicyclic amines) is 1. The van der Waals surface area contributed by atoms with Crippen LogP contribution in [-0.4, -0.2) is 61.3 Å². The van der Waals surface area contributed by atoms with Crippen molar-refractivity contribution in [3.05, 3.63) is 47.9 Å². The molecule has 2 aromatic heterocycles. The lowest BCUT2D eigenvalue weighted by atomic mass is 9.93. The average molecular weight is 413 g/mol. The Labute approximate surface area is 169 Å². The van der Waals surface area contributed by atoms with Crippen LogP contribution in [0.3, 0.4) is 0 Å². The molecular weight excluding hydrogens is 388 g/mol. The highest BCUT2D eigenvalue weighted by Gasteiger charge is 2.43. The van der Waals surface area contributed by atoms with Gasteiger partial charge in [-0.05, 0) is 19.1 Å². The smallest absolute Gasteiger partial charge is 0.143 e. The van der Waals surface area contributed by atoms with E-state index in [-0.39, 0.29) is 17.3 Å². The molecule has 0 bridgehead atoms. The summed E-state index contributed by atoms with van der Waals surface area (Å²) in [6.45, 7) is 3.83. The van der Waals surface area contributed by atoms with Crippen molar-refractivity contribution >= 4 is 26.6 Å². The molecule has 0 radical (unpaired) electrons. The van der Waals surface area contributed by atoms with Gasteiger partial charge in [0.1, 0.15) is 30.1 Å². The quantitative estimate of drug-likeness (QED) is 0.608. The van der Waals surface area contributed by atoms with Gasteiger partial charge >= 0.3 is 0 Å². The Hall–Kier alpha value is -2.65. The fraction of sp³-hybridized carbons (Fsp3) is 0.400. The second-order valence-electron chi connectivity index (χ2n) is 7.95. The number of ether oxygens (including phenoxy) is 1. The topological polar surface area (TPSA) is 107 Å². The van der Waals surface area contributed by atoms with E-state index in [2.05, 4.69) is 31.2 Å². The zero-order chi connectivity index (χ0) is 20.2. The SMILES string of the molecule is Cc1cc2c(NC3c4ccccc4OCC3N3CC(S(C)(=N)=O)C3)ncnc2[nH]1. The number of hydrogen-bond acceptors (Lipinski definition) is 7. The van der Waals surface area contributed by atoms with E-state index in [9.17, 15) is 4.21 Å². The van der Waals surface area contributed by atoms with Gasteiger partial charge in [-0.3, -0.25) is 9.68 Å². The molecule has 3 atom stereocenters. The molecule has 0 saturated carbocycles. The molecule has 152 valence electrons. The fourth-order valence-corrected chi connectivity index (χ4v) is 5.15. The molecular formula is C20H24N6O2S. The Morgan fingerprint density at radius 2 is 2.10 bits per heavy atom. The van der Waals surface area contributed by atoms with Crippen LogP contribution in [0.5, 0.6) is 5.75 Å². The molecule has 8 nitrogen and oxygen atoms in total.